The highest BCUT2D eigenvalue weighted by Gasteiger charge is 2.58. The van der Waals surface area contributed by atoms with Crippen molar-refractivity contribution >= 4 is 23.3 Å². The van der Waals surface area contributed by atoms with Gasteiger partial charge in [0.05, 0.1) is 18.7 Å². The molecule has 0 amide bonds. The van der Waals surface area contributed by atoms with Crippen LogP contribution in [0.2, 0.25) is 5.02 Å². The first-order valence-electron chi connectivity index (χ1n) is 5.56. The van der Waals surface area contributed by atoms with E-state index in [0.29, 0.717) is 17.0 Å². The molecule has 4 nitrogen and oxygen atoms in total. The van der Waals surface area contributed by atoms with Crippen molar-refractivity contribution in [2.24, 2.45) is 0 Å². The van der Waals surface area contributed by atoms with Crippen LogP contribution >= 0.6 is 11.6 Å². The minimum Gasteiger partial charge on any atom is -0.495 e. The highest BCUT2D eigenvalue weighted by atomic mass is 35.5. The summed E-state index contributed by atoms with van der Waals surface area (Å²) in [5.74, 6) is -4.38. The number of carboxylic acids is 1. The first kappa shape index (κ1) is 13.9. The molecular weight excluding hydrogens is 280 g/mol. The van der Waals surface area contributed by atoms with Crippen molar-refractivity contribution in [3.05, 3.63) is 22.7 Å². The second-order valence-corrected chi connectivity index (χ2v) is 4.75. The van der Waals surface area contributed by atoms with Gasteiger partial charge < -0.3 is 15.2 Å². The highest BCUT2D eigenvalue weighted by molar-refractivity contribution is 6.31. The monoisotopic (exact) mass is 291 g/mol. The third-order valence-corrected chi connectivity index (χ3v) is 3.28. The van der Waals surface area contributed by atoms with E-state index in [2.05, 4.69) is 5.32 Å². The molecule has 1 saturated carbocycles. The maximum Gasteiger partial charge on any atom is 0.322 e. The summed E-state index contributed by atoms with van der Waals surface area (Å²) in [6, 6.07) is 2.84. The molecule has 1 fully saturated rings. The Balaban J connectivity index is 2.30. The molecule has 1 aliphatic rings. The molecule has 1 aliphatic carbocycles. The molecule has 0 radical (unpaired) electrons. The SMILES string of the molecule is COc1cc(Cl)c(C2CC2(F)F)cc1NCC(=O)O. The number of anilines is 1. The Morgan fingerprint density at radius 1 is 1.63 bits per heavy atom. The number of hydrogen-bond acceptors (Lipinski definition) is 3. The van der Waals surface area contributed by atoms with Crippen molar-refractivity contribution in [2.45, 2.75) is 18.3 Å². The van der Waals surface area contributed by atoms with Crippen LogP contribution in [0.5, 0.6) is 5.75 Å². The van der Waals surface area contributed by atoms with Crippen molar-refractivity contribution in [1.82, 2.24) is 0 Å². The van der Waals surface area contributed by atoms with Crippen LogP contribution < -0.4 is 10.1 Å². The summed E-state index contributed by atoms with van der Waals surface area (Å²) in [7, 11) is 1.39. The number of alkyl halides is 2. The summed E-state index contributed by atoms with van der Waals surface area (Å²) < 4.78 is 31.2. The molecule has 1 atom stereocenters. The van der Waals surface area contributed by atoms with Crippen LogP contribution in [0.4, 0.5) is 14.5 Å². The molecule has 1 aromatic carbocycles. The normalized spacial score (nSPS) is 19.9. The average molecular weight is 292 g/mol. The second kappa shape index (κ2) is 4.85. The molecule has 2 rings (SSSR count). The fourth-order valence-corrected chi connectivity index (χ4v) is 2.15. The summed E-state index contributed by atoms with van der Waals surface area (Å²) in [4.78, 5) is 10.5. The van der Waals surface area contributed by atoms with Gasteiger partial charge in [-0.3, -0.25) is 4.79 Å². The maximum absolute atomic E-state index is 13.1. The van der Waals surface area contributed by atoms with Crippen LogP contribution in [0.1, 0.15) is 17.9 Å². The number of rotatable bonds is 5. The Hall–Kier alpha value is -1.56. The Labute approximate surface area is 113 Å². The Bertz CT molecular complexity index is 522. The van der Waals surface area contributed by atoms with Gasteiger partial charge in [0.1, 0.15) is 12.3 Å². The smallest absolute Gasteiger partial charge is 0.322 e. The molecule has 0 aromatic heterocycles. The van der Waals surface area contributed by atoms with Crippen molar-refractivity contribution in [3.8, 4) is 5.75 Å². The zero-order chi connectivity index (χ0) is 14.2. The van der Waals surface area contributed by atoms with Gasteiger partial charge in [0.2, 0.25) is 0 Å². The molecule has 19 heavy (non-hydrogen) atoms. The van der Waals surface area contributed by atoms with Crippen molar-refractivity contribution < 1.29 is 23.4 Å². The Morgan fingerprint density at radius 2 is 2.26 bits per heavy atom. The zero-order valence-corrected chi connectivity index (χ0v) is 10.8. The predicted molar refractivity (Wildman–Crippen MR) is 66.4 cm³/mol. The van der Waals surface area contributed by atoms with Gasteiger partial charge in [0, 0.05) is 17.5 Å². The second-order valence-electron chi connectivity index (χ2n) is 4.34. The van der Waals surface area contributed by atoms with E-state index in [9.17, 15) is 13.6 Å². The molecule has 0 aliphatic heterocycles. The van der Waals surface area contributed by atoms with Crippen molar-refractivity contribution in [1.29, 1.82) is 0 Å². The van der Waals surface area contributed by atoms with Crippen molar-refractivity contribution in [2.75, 3.05) is 19.0 Å². The summed E-state index contributed by atoms with van der Waals surface area (Å²) >= 11 is 5.95. The lowest BCUT2D eigenvalue weighted by atomic mass is 10.1. The lowest BCUT2D eigenvalue weighted by Crippen LogP contribution is -2.13. The topological polar surface area (TPSA) is 58.6 Å². The van der Waals surface area contributed by atoms with Gasteiger partial charge in [-0.05, 0) is 11.6 Å². The Kier molecular flexibility index (Phi) is 3.54. The van der Waals surface area contributed by atoms with E-state index in [1.54, 1.807) is 0 Å². The minimum absolute atomic E-state index is 0.194. The van der Waals surface area contributed by atoms with E-state index in [0.717, 1.165) is 0 Å². The van der Waals surface area contributed by atoms with E-state index >= 15 is 0 Å². The summed E-state index contributed by atoms with van der Waals surface area (Å²) in [6.07, 6.45) is -0.239. The number of ether oxygens (including phenoxy) is 1. The number of nitrogens with one attached hydrogen (secondary N) is 1. The largest absolute Gasteiger partial charge is 0.495 e. The van der Waals surface area contributed by atoms with Gasteiger partial charge in [-0.25, -0.2) is 8.78 Å². The molecular formula is C12H12ClF2NO3. The summed E-state index contributed by atoms with van der Waals surface area (Å²) in [5, 5.41) is 11.4. The number of benzene rings is 1. The number of carboxylic acid groups (broad SMARTS) is 1. The summed E-state index contributed by atoms with van der Waals surface area (Å²) in [5.41, 5.74) is 0.646. The van der Waals surface area contributed by atoms with Gasteiger partial charge in [0.15, 0.2) is 0 Å². The molecule has 7 heteroatoms. The third kappa shape index (κ3) is 2.89. The highest BCUT2D eigenvalue weighted by Crippen LogP contribution is 2.58. The number of halogens is 3. The fourth-order valence-electron chi connectivity index (χ4n) is 1.87. The minimum atomic E-state index is -2.73. The van der Waals surface area contributed by atoms with E-state index in [1.165, 1.54) is 19.2 Å². The van der Waals surface area contributed by atoms with E-state index < -0.39 is 17.8 Å². The lowest BCUT2D eigenvalue weighted by Gasteiger charge is -2.13. The zero-order valence-electron chi connectivity index (χ0n) is 10.0. The first-order chi connectivity index (χ1) is 8.85. The van der Waals surface area contributed by atoms with E-state index in [4.69, 9.17) is 21.4 Å². The molecule has 2 N–H and O–H groups in total. The van der Waals surface area contributed by atoms with Gasteiger partial charge in [-0.2, -0.15) is 0 Å². The van der Waals surface area contributed by atoms with Crippen molar-refractivity contribution in [3.63, 3.8) is 0 Å². The molecule has 1 unspecified atom stereocenters. The van der Waals surface area contributed by atoms with Crippen LogP contribution in [-0.2, 0) is 4.79 Å². The van der Waals surface area contributed by atoms with E-state index in [1.807, 2.05) is 0 Å². The van der Waals surface area contributed by atoms with Crippen LogP contribution in [0, 0.1) is 0 Å². The lowest BCUT2D eigenvalue weighted by molar-refractivity contribution is -0.134. The molecule has 104 valence electrons. The predicted octanol–water partition coefficient (Wildman–Crippen LogP) is 2.97. The number of hydrogen-bond donors (Lipinski definition) is 2. The molecule has 1 aromatic rings. The molecule has 0 bridgehead atoms. The van der Waals surface area contributed by atoms with E-state index in [-0.39, 0.29) is 18.0 Å². The molecule has 0 saturated heterocycles. The maximum atomic E-state index is 13.1. The van der Waals surface area contributed by atoms with Crippen LogP contribution in [-0.4, -0.2) is 30.7 Å². The third-order valence-electron chi connectivity index (χ3n) is 2.95. The van der Waals surface area contributed by atoms with Crippen LogP contribution in [0.3, 0.4) is 0 Å². The number of methoxy groups -OCH3 is 1. The van der Waals surface area contributed by atoms with Crippen LogP contribution in [0.25, 0.3) is 0 Å². The standard InChI is InChI=1S/C12H12ClF2NO3/c1-19-10-3-8(13)6(7-4-12(7,14)15)2-9(10)16-5-11(17)18/h2-3,7,16H,4-5H2,1H3,(H,17,18). The molecule has 0 heterocycles. The quantitative estimate of drug-likeness (QED) is 0.875. The van der Waals surface area contributed by atoms with Crippen LogP contribution in [0.15, 0.2) is 12.1 Å². The molecule has 0 spiro atoms. The van der Waals surface area contributed by atoms with Gasteiger partial charge in [0.25, 0.3) is 5.92 Å². The number of aliphatic carboxylic acids is 1. The average Bonchev–Trinajstić information content (AvgIpc) is 2.95. The fraction of sp³-hybridized carbons (Fsp3) is 0.417. The Morgan fingerprint density at radius 3 is 2.74 bits per heavy atom. The van der Waals surface area contributed by atoms with Gasteiger partial charge in [-0.15, -0.1) is 0 Å². The summed E-state index contributed by atoms with van der Waals surface area (Å²) in [6.45, 7) is -0.335. The van der Waals surface area contributed by atoms with Gasteiger partial charge in [-0.1, -0.05) is 11.6 Å². The number of carbonyl (C=O) groups is 1. The van der Waals surface area contributed by atoms with Gasteiger partial charge >= 0.3 is 5.97 Å². The first-order valence-corrected chi connectivity index (χ1v) is 5.94.